The molecule has 0 aliphatic carbocycles. The second kappa shape index (κ2) is 9.21. The average Bonchev–Trinajstić information content (AvgIpc) is 2.89. The molecule has 2 aromatic carbocycles. The van der Waals surface area contributed by atoms with Gasteiger partial charge in [-0.2, -0.15) is 0 Å². The van der Waals surface area contributed by atoms with Gasteiger partial charge in [-0.15, -0.1) is 0 Å². The van der Waals surface area contributed by atoms with Crippen LogP contribution in [0.15, 0.2) is 58.9 Å². The van der Waals surface area contributed by atoms with Gasteiger partial charge in [0.2, 0.25) is 0 Å². The molecule has 2 aliphatic rings. The molecule has 10 heteroatoms. The van der Waals surface area contributed by atoms with Gasteiger partial charge in [-0.3, -0.25) is 0 Å². The van der Waals surface area contributed by atoms with Gasteiger partial charge in [0.1, 0.15) is 11.1 Å². The summed E-state index contributed by atoms with van der Waals surface area (Å²) < 4.78 is 20.0. The van der Waals surface area contributed by atoms with E-state index in [0.717, 1.165) is 50.7 Å². The number of methoxy groups -OCH3 is 4. The Morgan fingerprint density at radius 3 is 1.19 bits per heavy atom. The van der Waals surface area contributed by atoms with E-state index in [1.54, 1.807) is 12.1 Å². The van der Waals surface area contributed by atoms with Gasteiger partial charge in [-0.25, -0.2) is 29.2 Å². The highest BCUT2D eigenvalue weighted by atomic mass is 16.5. The van der Waals surface area contributed by atoms with Crippen molar-refractivity contribution in [3.05, 3.63) is 70.1 Å². The van der Waals surface area contributed by atoms with Crippen molar-refractivity contribution in [2.24, 2.45) is 0 Å². The number of rotatable bonds is 4. The number of esters is 4. The van der Waals surface area contributed by atoms with Crippen molar-refractivity contribution in [1.82, 2.24) is 0 Å². The zero-order valence-electron chi connectivity index (χ0n) is 20.6. The summed E-state index contributed by atoms with van der Waals surface area (Å²) in [7, 11) is 4.48. The first-order chi connectivity index (χ1) is 17.2. The molecule has 0 saturated heterocycles. The minimum Gasteiger partial charge on any atom is -0.465 e. The molecule has 0 N–H and O–H groups in total. The third-order valence-electron chi connectivity index (χ3n) is 5.94. The van der Waals surface area contributed by atoms with Crippen molar-refractivity contribution in [2.75, 3.05) is 38.5 Å². The Bertz CT molecular complexity index is 1280. The molecule has 0 aromatic heterocycles. The lowest BCUT2D eigenvalue weighted by molar-refractivity contribution is -0.142. The molecule has 10 nitrogen and oxygen atoms in total. The molecule has 0 amide bonds. The maximum Gasteiger partial charge on any atom is 0.357 e. The molecule has 2 aliphatic heterocycles. The molecular formula is C26H24N2O8. The average molecular weight is 492 g/mol. The standard InChI is InChI=1S/C26H24N2O8/c1-13-7-9-15-16-10-8-14(2)12-18(16)28-22(26(32)36-6)20(24(30)34-4)19(23(29)33-3)21(25(31)35-5)27(28)17(15)11-13/h7-12H,1-6H3. The molecule has 2 heterocycles. The van der Waals surface area contributed by atoms with Crippen molar-refractivity contribution in [1.29, 1.82) is 0 Å². The van der Waals surface area contributed by atoms with Crippen LogP contribution in [0.5, 0.6) is 0 Å². The molecule has 0 spiro atoms. The van der Waals surface area contributed by atoms with E-state index < -0.39 is 35.0 Å². The Labute approximate surface area is 207 Å². The first kappa shape index (κ1) is 24.5. The summed E-state index contributed by atoms with van der Waals surface area (Å²) in [6.07, 6.45) is 0. The van der Waals surface area contributed by atoms with Crippen LogP contribution in [0.3, 0.4) is 0 Å². The predicted molar refractivity (Wildman–Crippen MR) is 128 cm³/mol. The number of nitrogens with zero attached hydrogens (tertiary/aromatic N) is 2. The van der Waals surface area contributed by atoms with Crippen LogP contribution in [-0.4, -0.2) is 52.3 Å². The predicted octanol–water partition coefficient (Wildman–Crippen LogP) is 2.73. The molecule has 186 valence electrons. The lowest BCUT2D eigenvalue weighted by Crippen LogP contribution is -2.53. The zero-order valence-corrected chi connectivity index (χ0v) is 20.6. The molecule has 2 aromatic rings. The highest BCUT2D eigenvalue weighted by Gasteiger charge is 2.49. The van der Waals surface area contributed by atoms with Gasteiger partial charge in [0.05, 0.1) is 39.8 Å². The number of benzene rings is 2. The van der Waals surface area contributed by atoms with Crippen molar-refractivity contribution < 1.29 is 38.1 Å². The summed E-state index contributed by atoms with van der Waals surface area (Å²) in [5, 5.41) is 2.75. The van der Waals surface area contributed by atoms with Gasteiger partial charge < -0.3 is 18.9 Å². The second-order valence-electron chi connectivity index (χ2n) is 8.08. The topological polar surface area (TPSA) is 112 Å². The fourth-order valence-electron chi connectivity index (χ4n) is 4.37. The summed E-state index contributed by atoms with van der Waals surface area (Å²) in [4.78, 5) is 52.8. The van der Waals surface area contributed by atoms with E-state index in [9.17, 15) is 19.2 Å². The van der Waals surface area contributed by atoms with Crippen molar-refractivity contribution in [3.8, 4) is 11.1 Å². The zero-order chi connectivity index (χ0) is 26.3. The van der Waals surface area contributed by atoms with E-state index in [-0.39, 0.29) is 11.4 Å². The van der Waals surface area contributed by atoms with Crippen LogP contribution in [0.25, 0.3) is 11.1 Å². The fraction of sp³-hybridized carbons (Fsp3) is 0.231. The van der Waals surface area contributed by atoms with Crippen molar-refractivity contribution in [2.45, 2.75) is 13.8 Å². The third kappa shape index (κ3) is 3.58. The number of ether oxygens (including phenoxy) is 4. The monoisotopic (exact) mass is 492 g/mol. The molecule has 0 radical (unpaired) electrons. The number of carbonyl (C=O) groups excluding carboxylic acids is 4. The quantitative estimate of drug-likeness (QED) is 0.466. The number of hydrogen-bond acceptors (Lipinski definition) is 10. The fourth-order valence-corrected chi connectivity index (χ4v) is 4.37. The Morgan fingerprint density at radius 1 is 0.556 bits per heavy atom. The maximum absolute atomic E-state index is 13.3. The summed E-state index contributed by atoms with van der Waals surface area (Å²) >= 11 is 0. The smallest absolute Gasteiger partial charge is 0.357 e. The van der Waals surface area contributed by atoms with Gasteiger partial charge >= 0.3 is 23.9 Å². The van der Waals surface area contributed by atoms with Gasteiger partial charge in [0.15, 0.2) is 11.4 Å². The van der Waals surface area contributed by atoms with E-state index in [1.807, 2.05) is 38.1 Å². The minimum absolute atomic E-state index is 0.323. The van der Waals surface area contributed by atoms with E-state index in [4.69, 9.17) is 18.9 Å². The highest BCUT2D eigenvalue weighted by Crippen LogP contribution is 2.50. The largest absolute Gasteiger partial charge is 0.465 e. The van der Waals surface area contributed by atoms with Crippen LogP contribution in [-0.2, 0) is 38.1 Å². The molecule has 0 bridgehead atoms. The first-order valence-electron chi connectivity index (χ1n) is 10.8. The normalized spacial score (nSPS) is 13.9. The van der Waals surface area contributed by atoms with Crippen LogP contribution in [0, 0.1) is 13.8 Å². The Morgan fingerprint density at radius 2 is 0.889 bits per heavy atom. The number of fused-ring (bicyclic) bond motifs is 6. The van der Waals surface area contributed by atoms with Crippen LogP contribution in [0.1, 0.15) is 11.1 Å². The molecule has 0 fully saturated rings. The summed E-state index contributed by atoms with van der Waals surface area (Å²) in [5.41, 5.74) is 2.45. The minimum atomic E-state index is -1.04. The van der Waals surface area contributed by atoms with E-state index in [2.05, 4.69) is 0 Å². The van der Waals surface area contributed by atoms with Crippen molar-refractivity contribution in [3.63, 3.8) is 0 Å². The van der Waals surface area contributed by atoms with Crippen LogP contribution in [0.4, 0.5) is 11.4 Å². The molecular weight excluding hydrogens is 468 g/mol. The summed E-state index contributed by atoms with van der Waals surface area (Å²) in [6, 6.07) is 11.1. The van der Waals surface area contributed by atoms with Gasteiger partial charge in [-0.05, 0) is 37.1 Å². The SMILES string of the molecule is COC(=O)C1=C(C(=O)OC)N2c3cc(C)ccc3-c3ccc(C)cc3N2C(C(=O)OC)=C1C(=O)OC. The number of carbonyl (C=O) groups is 4. The number of anilines is 2. The van der Waals surface area contributed by atoms with Crippen LogP contribution < -0.4 is 10.0 Å². The van der Waals surface area contributed by atoms with E-state index in [1.165, 1.54) is 10.0 Å². The Hall–Kier alpha value is -4.60. The molecule has 0 unspecified atom stereocenters. The summed E-state index contributed by atoms with van der Waals surface area (Å²) in [6.45, 7) is 3.72. The summed E-state index contributed by atoms with van der Waals surface area (Å²) in [5.74, 6) is -3.95. The number of hydrogen-bond donors (Lipinski definition) is 0. The Kier molecular flexibility index (Phi) is 6.28. The van der Waals surface area contributed by atoms with Gasteiger partial charge in [-0.1, -0.05) is 24.3 Å². The van der Waals surface area contributed by atoms with Crippen LogP contribution in [0.2, 0.25) is 0 Å². The number of aryl methyl sites for hydroxylation is 2. The van der Waals surface area contributed by atoms with Gasteiger partial charge in [0, 0.05) is 11.1 Å². The van der Waals surface area contributed by atoms with Crippen molar-refractivity contribution >= 4 is 35.3 Å². The van der Waals surface area contributed by atoms with Gasteiger partial charge in [0.25, 0.3) is 0 Å². The lowest BCUT2D eigenvalue weighted by Gasteiger charge is -2.46. The number of hydrazine groups is 1. The maximum atomic E-state index is 13.3. The van der Waals surface area contributed by atoms with E-state index in [0.29, 0.717) is 11.4 Å². The molecule has 0 atom stereocenters. The lowest BCUT2D eigenvalue weighted by atomic mass is 9.91. The van der Waals surface area contributed by atoms with E-state index >= 15 is 0 Å². The highest BCUT2D eigenvalue weighted by molar-refractivity contribution is 6.20. The Balaban J connectivity index is 2.27. The molecule has 36 heavy (non-hydrogen) atoms. The second-order valence-corrected chi connectivity index (χ2v) is 8.08. The molecule has 0 saturated carbocycles. The third-order valence-corrected chi connectivity index (χ3v) is 5.94. The molecule has 4 rings (SSSR count). The first-order valence-corrected chi connectivity index (χ1v) is 10.8. The van der Waals surface area contributed by atoms with Crippen LogP contribution >= 0.6 is 0 Å².